The standard InChI is InChI=1S/C23H24ClN3O2S/c1-4-27(30(29)5-2)19-10-7-17(8-11-19)23(28)26-18-9-12-21(24)20(14-18)22-13-6-16(3)15-25-22/h6-15H,4-5H2,1-3H3,(H,26,28). The molecule has 2 aromatic carbocycles. The molecular weight excluding hydrogens is 418 g/mol. The summed E-state index contributed by atoms with van der Waals surface area (Å²) in [6.07, 6.45) is 1.78. The van der Waals surface area contributed by atoms with Crippen LogP contribution in [0.5, 0.6) is 0 Å². The van der Waals surface area contributed by atoms with Crippen LogP contribution in [0.2, 0.25) is 5.02 Å². The molecule has 0 saturated heterocycles. The third kappa shape index (κ3) is 5.07. The Morgan fingerprint density at radius 3 is 2.43 bits per heavy atom. The fourth-order valence-corrected chi connectivity index (χ4v) is 4.18. The number of aryl methyl sites for hydroxylation is 1. The van der Waals surface area contributed by atoms with E-state index in [0.29, 0.717) is 28.6 Å². The molecule has 1 atom stereocenters. The van der Waals surface area contributed by atoms with Crippen LogP contribution >= 0.6 is 11.6 Å². The molecule has 0 spiro atoms. The van der Waals surface area contributed by atoms with E-state index < -0.39 is 11.0 Å². The minimum absolute atomic E-state index is 0.230. The molecule has 0 aliphatic carbocycles. The van der Waals surface area contributed by atoms with Gasteiger partial charge in [0.25, 0.3) is 5.91 Å². The largest absolute Gasteiger partial charge is 0.322 e. The van der Waals surface area contributed by atoms with Crippen molar-refractivity contribution in [3.63, 3.8) is 0 Å². The van der Waals surface area contributed by atoms with Crippen molar-refractivity contribution >= 4 is 39.9 Å². The third-order valence-corrected chi connectivity index (χ3v) is 6.39. The molecule has 3 rings (SSSR count). The molecule has 5 nitrogen and oxygen atoms in total. The number of anilines is 2. The molecule has 156 valence electrons. The van der Waals surface area contributed by atoms with E-state index >= 15 is 0 Å². The van der Waals surface area contributed by atoms with Crippen molar-refractivity contribution in [2.24, 2.45) is 0 Å². The van der Waals surface area contributed by atoms with E-state index in [0.717, 1.165) is 22.5 Å². The van der Waals surface area contributed by atoms with Crippen LogP contribution in [0.1, 0.15) is 29.8 Å². The maximum atomic E-state index is 12.7. The van der Waals surface area contributed by atoms with Gasteiger partial charge in [-0.15, -0.1) is 0 Å². The normalized spacial score (nSPS) is 11.7. The van der Waals surface area contributed by atoms with Crippen molar-refractivity contribution in [2.45, 2.75) is 20.8 Å². The summed E-state index contributed by atoms with van der Waals surface area (Å²) in [6.45, 7) is 6.44. The average molecular weight is 442 g/mol. The lowest BCUT2D eigenvalue weighted by Gasteiger charge is -2.21. The van der Waals surface area contributed by atoms with Crippen molar-refractivity contribution in [1.29, 1.82) is 0 Å². The van der Waals surface area contributed by atoms with Gasteiger partial charge in [0.05, 0.1) is 10.7 Å². The fraction of sp³-hybridized carbons (Fsp3) is 0.217. The van der Waals surface area contributed by atoms with Crippen LogP contribution in [-0.2, 0) is 11.0 Å². The van der Waals surface area contributed by atoms with Gasteiger partial charge in [-0.2, -0.15) is 0 Å². The highest BCUT2D eigenvalue weighted by atomic mass is 35.5. The number of carbonyl (C=O) groups is 1. The van der Waals surface area contributed by atoms with E-state index in [2.05, 4.69) is 10.3 Å². The van der Waals surface area contributed by atoms with Gasteiger partial charge >= 0.3 is 0 Å². The predicted octanol–water partition coefficient (Wildman–Crippen LogP) is 5.47. The van der Waals surface area contributed by atoms with E-state index in [4.69, 9.17) is 11.6 Å². The molecular formula is C23H24ClN3O2S. The molecule has 0 fully saturated rings. The number of pyridine rings is 1. The number of hydrogen-bond donors (Lipinski definition) is 1. The second-order valence-corrected chi connectivity index (χ2v) is 8.79. The number of amides is 1. The van der Waals surface area contributed by atoms with Gasteiger partial charge in [0, 0.05) is 41.0 Å². The molecule has 30 heavy (non-hydrogen) atoms. The first-order chi connectivity index (χ1) is 14.4. The Morgan fingerprint density at radius 1 is 1.10 bits per heavy atom. The summed E-state index contributed by atoms with van der Waals surface area (Å²) in [5.41, 5.74) is 4.54. The number of carbonyl (C=O) groups excluding carboxylic acids is 1. The molecule has 0 radical (unpaired) electrons. The van der Waals surface area contributed by atoms with Gasteiger partial charge in [-0.1, -0.05) is 24.6 Å². The molecule has 3 aromatic rings. The van der Waals surface area contributed by atoms with Crippen molar-refractivity contribution in [3.8, 4) is 11.3 Å². The zero-order valence-electron chi connectivity index (χ0n) is 17.2. The summed E-state index contributed by atoms with van der Waals surface area (Å²) in [6, 6.07) is 16.3. The van der Waals surface area contributed by atoms with Crippen LogP contribution in [0.4, 0.5) is 11.4 Å². The van der Waals surface area contributed by atoms with Crippen LogP contribution in [-0.4, -0.2) is 27.4 Å². The maximum absolute atomic E-state index is 12.7. The fourth-order valence-electron chi connectivity index (χ4n) is 3.01. The SMILES string of the molecule is CCN(c1ccc(C(=O)Nc2ccc(Cl)c(-c3ccc(C)cn3)c2)cc1)S(=O)CC. The molecule has 7 heteroatoms. The highest BCUT2D eigenvalue weighted by Crippen LogP contribution is 2.29. The Bertz CT molecular complexity index is 1050. The van der Waals surface area contributed by atoms with Crippen molar-refractivity contribution in [2.75, 3.05) is 21.9 Å². The van der Waals surface area contributed by atoms with Crippen LogP contribution in [0.25, 0.3) is 11.3 Å². The average Bonchev–Trinajstić information content (AvgIpc) is 2.76. The van der Waals surface area contributed by atoms with Crippen molar-refractivity contribution in [1.82, 2.24) is 4.98 Å². The lowest BCUT2D eigenvalue weighted by molar-refractivity contribution is 0.102. The first-order valence-corrected chi connectivity index (χ1v) is 11.4. The Labute approximate surface area is 184 Å². The Morgan fingerprint density at radius 2 is 1.83 bits per heavy atom. The summed E-state index contributed by atoms with van der Waals surface area (Å²) < 4.78 is 13.9. The van der Waals surface area contributed by atoms with Crippen LogP contribution in [0, 0.1) is 6.92 Å². The van der Waals surface area contributed by atoms with E-state index in [1.54, 1.807) is 30.5 Å². The summed E-state index contributed by atoms with van der Waals surface area (Å²) >= 11 is 6.34. The topological polar surface area (TPSA) is 62.3 Å². The summed E-state index contributed by atoms with van der Waals surface area (Å²) in [7, 11) is -1.07. The van der Waals surface area contributed by atoms with E-state index in [1.807, 2.05) is 55.4 Å². The zero-order valence-corrected chi connectivity index (χ0v) is 18.8. The van der Waals surface area contributed by atoms with Crippen molar-refractivity contribution < 1.29 is 9.00 Å². The highest BCUT2D eigenvalue weighted by molar-refractivity contribution is 7.86. The maximum Gasteiger partial charge on any atom is 0.255 e. The molecule has 1 unspecified atom stereocenters. The summed E-state index contributed by atoms with van der Waals surface area (Å²) in [4.78, 5) is 17.1. The van der Waals surface area contributed by atoms with Crippen molar-refractivity contribution in [3.05, 3.63) is 76.9 Å². The van der Waals surface area contributed by atoms with Gasteiger partial charge in [-0.3, -0.25) is 14.1 Å². The van der Waals surface area contributed by atoms with E-state index in [9.17, 15) is 9.00 Å². The molecule has 0 aliphatic rings. The molecule has 1 heterocycles. The number of nitrogens with zero attached hydrogens (tertiary/aromatic N) is 2. The number of nitrogens with one attached hydrogen (secondary N) is 1. The van der Waals surface area contributed by atoms with Gasteiger partial charge in [0.2, 0.25) is 0 Å². The highest BCUT2D eigenvalue weighted by Gasteiger charge is 2.13. The molecule has 1 aromatic heterocycles. The number of benzene rings is 2. The minimum Gasteiger partial charge on any atom is -0.322 e. The number of rotatable bonds is 7. The Balaban J connectivity index is 1.78. The van der Waals surface area contributed by atoms with Gasteiger partial charge in [-0.25, -0.2) is 4.21 Å². The van der Waals surface area contributed by atoms with Crippen LogP contribution < -0.4 is 9.62 Å². The number of hydrogen-bond acceptors (Lipinski definition) is 3. The second-order valence-electron chi connectivity index (χ2n) is 6.72. The quantitative estimate of drug-likeness (QED) is 0.528. The van der Waals surface area contributed by atoms with Gasteiger partial charge in [0.1, 0.15) is 11.0 Å². The molecule has 0 saturated carbocycles. The molecule has 1 N–H and O–H groups in total. The number of halogens is 1. The lowest BCUT2D eigenvalue weighted by Crippen LogP contribution is -2.26. The minimum atomic E-state index is -1.07. The summed E-state index contributed by atoms with van der Waals surface area (Å²) in [5.74, 6) is 0.316. The Hall–Kier alpha value is -2.70. The predicted molar refractivity (Wildman–Crippen MR) is 126 cm³/mol. The first kappa shape index (κ1) is 22.0. The molecule has 1 amide bonds. The smallest absolute Gasteiger partial charge is 0.255 e. The van der Waals surface area contributed by atoms with E-state index in [-0.39, 0.29) is 5.91 Å². The zero-order chi connectivity index (χ0) is 21.7. The lowest BCUT2D eigenvalue weighted by atomic mass is 10.1. The monoisotopic (exact) mass is 441 g/mol. The number of aromatic nitrogens is 1. The van der Waals surface area contributed by atoms with Gasteiger partial charge in [-0.05, 0) is 67.9 Å². The van der Waals surface area contributed by atoms with Crippen LogP contribution in [0.15, 0.2) is 60.8 Å². The second kappa shape index (κ2) is 9.87. The summed E-state index contributed by atoms with van der Waals surface area (Å²) in [5, 5.41) is 3.47. The Kier molecular flexibility index (Phi) is 7.24. The molecule has 0 bridgehead atoms. The molecule has 0 aliphatic heterocycles. The van der Waals surface area contributed by atoms with Gasteiger partial charge in [0.15, 0.2) is 0 Å². The first-order valence-electron chi connectivity index (χ1n) is 9.73. The van der Waals surface area contributed by atoms with Crippen LogP contribution in [0.3, 0.4) is 0 Å². The van der Waals surface area contributed by atoms with E-state index in [1.165, 1.54) is 0 Å². The third-order valence-electron chi connectivity index (χ3n) is 4.61. The van der Waals surface area contributed by atoms with Gasteiger partial charge < -0.3 is 5.32 Å².